The number of carbonyl (C=O) groups excluding carboxylic acids is 1. The quantitative estimate of drug-likeness (QED) is 0.915. The van der Waals surface area contributed by atoms with Crippen LogP contribution >= 0.6 is 0 Å². The zero-order valence-electron chi connectivity index (χ0n) is 12.9. The molecule has 1 saturated heterocycles. The summed E-state index contributed by atoms with van der Waals surface area (Å²) in [6, 6.07) is 10.5. The van der Waals surface area contributed by atoms with Crippen LogP contribution < -0.4 is 5.32 Å². The monoisotopic (exact) mass is 274 g/mol. The minimum Gasteiger partial charge on any atom is -0.335 e. The molecule has 1 aliphatic heterocycles. The smallest absolute Gasteiger partial charge is 0.230 e. The summed E-state index contributed by atoms with van der Waals surface area (Å²) in [5.74, 6) is 0.281. The van der Waals surface area contributed by atoms with Crippen molar-refractivity contribution in [2.75, 3.05) is 13.1 Å². The molecule has 1 atom stereocenters. The fourth-order valence-corrected chi connectivity index (χ4v) is 2.85. The first-order valence-electron chi connectivity index (χ1n) is 7.59. The molecule has 3 nitrogen and oxygen atoms in total. The first-order valence-corrected chi connectivity index (χ1v) is 7.59. The highest BCUT2D eigenvalue weighted by atomic mass is 16.2. The molecule has 0 saturated carbocycles. The normalized spacial score (nSPS) is 22.8. The summed E-state index contributed by atoms with van der Waals surface area (Å²) >= 11 is 0. The lowest BCUT2D eigenvalue weighted by Crippen LogP contribution is -2.51. The van der Waals surface area contributed by atoms with Gasteiger partial charge in [0.05, 0.1) is 5.41 Å². The van der Waals surface area contributed by atoms with Crippen molar-refractivity contribution in [1.29, 1.82) is 0 Å². The van der Waals surface area contributed by atoms with Gasteiger partial charge in [-0.2, -0.15) is 0 Å². The van der Waals surface area contributed by atoms with Crippen molar-refractivity contribution in [2.45, 2.75) is 46.2 Å². The number of hydrogen-bond acceptors (Lipinski definition) is 2. The van der Waals surface area contributed by atoms with E-state index in [9.17, 15) is 4.79 Å². The molecular weight excluding hydrogens is 248 g/mol. The van der Waals surface area contributed by atoms with Gasteiger partial charge in [-0.3, -0.25) is 4.79 Å². The van der Waals surface area contributed by atoms with Crippen LogP contribution in [0.2, 0.25) is 0 Å². The van der Waals surface area contributed by atoms with Crippen LogP contribution in [0.4, 0.5) is 0 Å². The highest BCUT2D eigenvalue weighted by Crippen LogP contribution is 2.29. The number of rotatable bonds is 4. The van der Waals surface area contributed by atoms with E-state index >= 15 is 0 Å². The molecule has 0 aliphatic carbocycles. The summed E-state index contributed by atoms with van der Waals surface area (Å²) in [5.41, 5.74) is 0.944. The van der Waals surface area contributed by atoms with Gasteiger partial charge in [0.25, 0.3) is 0 Å². The Morgan fingerprint density at radius 1 is 1.35 bits per heavy atom. The van der Waals surface area contributed by atoms with E-state index in [2.05, 4.69) is 38.2 Å². The van der Waals surface area contributed by atoms with E-state index in [0.717, 1.165) is 25.9 Å². The summed E-state index contributed by atoms with van der Waals surface area (Å²) in [4.78, 5) is 15.0. The van der Waals surface area contributed by atoms with Crippen LogP contribution in [0.5, 0.6) is 0 Å². The van der Waals surface area contributed by atoms with Gasteiger partial charge in [-0.05, 0) is 45.7 Å². The van der Waals surface area contributed by atoms with E-state index in [0.29, 0.717) is 6.54 Å². The molecule has 0 spiro atoms. The second-order valence-electron chi connectivity index (χ2n) is 6.35. The molecule has 0 aromatic heterocycles. The summed E-state index contributed by atoms with van der Waals surface area (Å²) in [7, 11) is 0. The molecule has 1 aromatic carbocycles. The SMILES string of the molecule is CC(C)N(Cc1ccccc1)C(=O)C1(C)CCCNC1. The third-order valence-electron chi connectivity index (χ3n) is 4.19. The van der Waals surface area contributed by atoms with Crippen LogP contribution in [0, 0.1) is 5.41 Å². The Morgan fingerprint density at radius 2 is 2.05 bits per heavy atom. The topological polar surface area (TPSA) is 32.3 Å². The van der Waals surface area contributed by atoms with E-state index in [4.69, 9.17) is 0 Å². The Balaban J connectivity index is 2.13. The Labute approximate surface area is 122 Å². The van der Waals surface area contributed by atoms with Crippen molar-refractivity contribution in [2.24, 2.45) is 5.41 Å². The van der Waals surface area contributed by atoms with Crippen molar-refractivity contribution >= 4 is 5.91 Å². The molecule has 1 N–H and O–H groups in total. The van der Waals surface area contributed by atoms with Gasteiger partial charge in [0.1, 0.15) is 0 Å². The van der Waals surface area contributed by atoms with Crippen molar-refractivity contribution < 1.29 is 4.79 Å². The molecule has 1 heterocycles. The number of amides is 1. The van der Waals surface area contributed by atoms with Crippen LogP contribution in [0.1, 0.15) is 39.2 Å². The van der Waals surface area contributed by atoms with Gasteiger partial charge in [-0.1, -0.05) is 30.3 Å². The van der Waals surface area contributed by atoms with Crippen LogP contribution in [0.25, 0.3) is 0 Å². The van der Waals surface area contributed by atoms with Gasteiger partial charge < -0.3 is 10.2 Å². The first kappa shape index (κ1) is 15.0. The van der Waals surface area contributed by atoms with E-state index in [1.165, 1.54) is 5.56 Å². The maximum Gasteiger partial charge on any atom is 0.230 e. The summed E-state index contributed by atoms with van der Waals surface area (Å²) in [6.45, 7) is 8.82. The lowest BCUT2D eigenvalue weighted by atomic mass is 9.81. The number of nitrogens with one attached hydrogen (secondary N) is 1. The predicted molar refractivity (Wildman–Crippen MR) is 82.3 cm³/mol. The number of hydrogen-bond donors (Lipinski definition) is 1. The lowest BCUT2D eigenvalue weighted by Gasteiger charge is -2.39. The fraction of sp³-hybridized carbons (Fsp3) is 0.588. The minimum atomic E-state index is -0.253. The number of benzene rings is 1. The largest absolute Gasteiger partial charge is 0.335 e. The maximum absolute atomic E-state index is 13.0. The Bertz CT molecular complexity index is 436. The molecule has 1 aliphatic rings. The summed E-state index contributed by atoms with van der Waals surface area (Å²) in [6.07, 6.45) is 2.07. The molecule has 20 heavy (non-hydrogen) atoms. The van der Waals surface area contributed by atoms with E-state index in [1.54, 1.807) is 0 Å². The standard InChI is InChI=1S/C17H26N2O/c1-14(2)19(12-15-8-5-4-6-9-15)16(20)17(3)10-7-11-18-13-17/h4-6,8-9,14,18H,7,10-13H2,1-3H3. The van der Waals surface area contributed by atoms with Crippen LogP contribution in [-0.2, 0) is 11.3 Å². The molecule has 1 unspecified atom stereocenters. The highest BCUT2D eigenvalue weighted by molar-refractivity contribution is 5.83. The Kier molecular flexibility index (Phi) is 4.81. The van der Waals surface area contributed by atoms with Crippen molar-refractivity contribution in [3.05, 3.63) is 35.9 Å². The number of carbonyl (C=O) groups is 1. The zero-order valence-corrected chi connectivity index (χ0v) is 12.9. The molecule has 3 heteroatoms. The van der Waals surface area contributed by atoms with Crippen LogP contribution in [0.15, 0.2) is 30.3 Å². The minimum absolute atomic E-state index is 0.224. The van der Waals surface area contributed by atoms with E-state index in [1.807, 2.05) is 23.1 Å². The molecule has 0 bridgehead atoms. The summed E-state index contributed by atoms with van der Waals surface area (Å²) < 4.78 is 0. The van der Waals surface area contributed by atoms with E-state index < -0.39 is 0 Å². The van der Waals surface area contributed by atoms with Gasteiger partial charge in [-0.15, -0.1) is 0 Å². The molecule has 1 aromatic rings. The molecule has 1 amide bonds. The van der Waals surface area contributed by atoms with Crippen LogP contribution in [0.3, 0.4) is 0 Å². The van der Waals surface area contributed by atoms with Crippen LogP contribution in [-0.4, -0.2) is 29.9 Å². The number of piperidine rings is 1. The zero-order chi connectivity index (χ0) is 14.6. The second kappa shape index (κ2) is 6.40. The third kappa shape index (κ3) is 3.40. The van der Waals surface area contributed by atoms with Gasteiger partial charge in [0, 0.05) is 19.1 Å². The van der Waals surface area contributed by atoms with Gasteiger partial charge in [0.2, 0.25) is 5.91 Å². The van der Waals surface area contributed by atoms with Crippen molar-refractivity contribution in [1.82, 2.24) is 10.2 Å². The van der Waals surface area contributed by atoms with Crippen molar-refractivity contribution in [3.63, 3.8) is 0 Å². The Morgan fingerprint density at radius 3 is 2.60 bits per heavy atom. The second-order valence-corrected chi connectivity index (χ2v) is 6.35. The Hall–Kier alpha value is -1.35. The molecular formula is C17H26N2O. The molecule has 0 radical (unpaired) electrons. The molecule has 2 rings (SSSR count). The average Bonchev–Trinajstić information content (AvgIpc) is 2.45. The van der Waals surface area contributed by atoms with E-state index in [-0.39, 0.29) is 17.4 Å². The number of nitrogens with zero attached hydrogens (tertiary/aromatic N) is 1. The molecule has 110 valence electrons. The van der Waals surface area contributed by atoms with Gasteiger partial charge >= 0.3 is 0 Å². The van der Waals surface area contributed by atoms with Gasteiger partial charge in [0.15, 0.2) is 0 Å². The van der Waals surface area contributed by atoms with Gasteiger partial charge in [-0.25, -0.2) is 0 Å². The molecule has 1 fully saturated rings. The highest BCUT2D eigenvalue weighted by Gasteiger charge is 2.38. The predicted octanol–water partition coefficient (Wildman–Crippen LogP) is 2.81. The first-order chi connectivity index (χ1) is 9.53. The maximum atomic E-state index is 13.0. The van der Waals surface area contributed by atoms with Crippen molar-refractivity contribution in [3.8, 4) is 0 Å². The third-order valence-corrected chi connectivity index (χ3v) is 4.19. The average molecular weight is 274 g/mol. The lowest BCUT2D eigenvalue weighted by molar-refractivity contribution is -0.144. The summed E-state index contributed by atoms with van der Waals surface area (Å²) in [5, 5.41) is 3.37. The fourth-order valence-electron chi connectivity index (χ4n) is 2.85.